The molecule has 0 fully saturated rings. The number of hydrogen-bond acceptors (Lipinski definition) is 2. The third-order valence-electron chi connectivity index (χ3n) is 1.57. The monoisotopic (exact) mass is 168 g/mol. The molecule has 2 nitrogen and oxygen atoms in total. The van der Waals surface area contributed by atoms with Crippen LogP contribution in [0.1, 0.15) is 27.2 Å². The van der Waals surface area contributed by atoms with Gasteiger partial charge in [-0.1, -0.05) is 20.4 Å². The van der Waals surface area contributed by atoms with E-state index in [1.54, 1.807) is 6.92 Å². The fourth-order valence-corrected chi connectivity index (χ4v) is 0.472. The molecule has 12 heavy (non-hydrogen) atoms. The van der Waals surface area contributed by atoms with E-state index in [2.05, 4.69) is 20.4 Å². The zero-order valence-corrected chi connectivity index (χ0v) is 7.96. The summed E-state index contributed by atoms with van der Waals surface area (Å²) in [5.74, 6) is 0.0810. The molecule has 0 aromatic rings. The Kier molecular flexibility index (Phi) is 5.09. The number of allylic oxidation sites excluding steroid dienone is 1. The van der Waals surface area contributed by atoms with E-state index in [1.807, 2.05) is 6.08 Å². The normalized spacial score (nSPS) is 12.9. The first-order valence-corrected chi connectivity index (χ1v) is 4.11. The second-order valence-electron chi connectivity index (χ2n) is 2.90. The molecule has 1 atom stereocenters. The Hall–Kier alpha value is -1.05. The summed E-state index contributed by atoms with van der Waals surface area (Å²) in [6.07, 6.45) is 4.34. The maximum Gasteiger partial charge on any atom is 0.337 e. The van der Waals surface area contributed by atoms with Gasteiger partial charge in [0.05, 0.1) is 6.26 Å². The summed E-state index contributed by atoms with van der Waals surface area (Å²) in [6.45, 7) is 9.23. The zero-order chi connectivity index (χ0) is 9.56. The average Bonchev–Trinajstić information content (AvgIpc) is 2.03. The van der Waals surface area contributed by atoms with Crippen LogP contribution in [0.2, 0.25) is 0 Å². The first-order chi connectivity index (χ1) is 5.57. The van der Waals surface area contributed by atoms with E-state index in [1.165, 1.54) is 6.26 Å². The number of carbonyl (C=O) groups excluding carboxylic acids is 1. The van der Waals surface area contributed by atoms with E-state index >= 15 is 0 Å². The van der Waals surface area contributed by atoms with E-state index in [0.29, 0.717) is 11.5 Å². The second-order valence-corrected chi connectivity index (χ2v) is 2.90. The summed E-state index contributed by atoms with van der Waals surface area (Å²) in [5, 5.41) is 0. The molecule has 0 spiro atoms. The highest BCUT2D eigenvalue weighted by molar-refractivity contribution is 5.87. The second kappa shape index (κ2) is 5.58. The van der Waals surface area contributed by atoms with Gasteiger partial charge in [-0.3, -0.25) is 0 Å². The Morgan fingerprint density at radius 1 is 1.67 bits per heavy atom. The summed E-state index contributed by atoms with van der Waals surface area (Å²) in [6, 6.07) is 0. The number of esters is 1. The molecule has 0 aromatic carbocycles. The Labute approximate surface area is 73.9 Å². The van der Waals surface area contributed by atoms with Gasteiger partial charge < -0.3 is 4.74 Å². The van der Waals surface area contributed by atoms with Crippen LogP contribution < -0.4 is 0 Å². The molecule has 0 N–H and O–H groups in total. The third-order valence-corrected chi connectivity index (χ3v) is 1.57. The van der Waals surface area contributed by atoms with Crippen molar-refractivity contribution < 1.29 is 9.53 Å². The molecular weight excluding hydrogens is 152 g/mol. The lowest BCUT2D eigenvalue weighted by molar-refractivity contribution is -0.133. The molecule has 1 unspecified atom stereocenters. The molecular formula is C10H16O2. The molecule has 0 aromatic heterocycles. The molecule has 0 radical (unpaired) electrons. The van der Waals surface area contributed by atoms with Crippen LogP contribution >= 0.6 is 0 Å². The average molecular weight is 168 g/mol. The van der Waals surface area contributed by atoms with Gasteiger partial charge in [-0.15, -0.1) is 0 Å². The summed E-state index contributed by atoms with van der Waals surface area (Å²) in [5.41, 5.74) is 0.420. The van der Waals surface area contributed by atoms with Crippen molar-refractivity contribution in [2.45, 2.75) is 27.2 Å². The van der Waals surface area contributed by atoms with Gasteiger partial charge in [0.2, 0.25) is 0 Å². The molecule has 0 heterocycles. The van der Waals surface area contributed by atoms with Crippen LogP contribution in [0.4, 0.5) is 0 Å². The van der Waals surface area contributed by atoms with Gasteiger partial charge in [-0.2, -0.15) is 0 Å². The lowest BCUT2D eigenvalue weighted by atomic mass is 10.1. The SMILES string of the molecule is C=C(C)C(=O)OC=CC(C)CC. The van der Waals surface area contributed by atoms with Crippen LogP contribution in [0.3, 0.4) is 0 Å². The van der Waals surface area contributed by atoms with Gasteiger partial charge in [0, 0.05) is 5.57 Å². The minimum Gasteiger partial charge on any atom is -0.431 e. The quantitative estimate of drug-likeness (QED) is 0.366. The molecule has 0 aliphatic rings. The van der Waals surface area contributed by atoms with Crippen molar-refractivity contribution in [3.05, 3.63) is 24.5 Å². The van der Waals surface area contributed by atoms with Crippen LogP contribution in [-0.2, 0) is 9.53 Å². The minimum atomic E-state index is -0.366. The van der Waals surface area contributed by atoms with E-state index in [-0.39, 0.29) is 5.97 Å². The van der Waals surface area contributed by atoms with Crippen molar-refractivity contribution in [3.63, 3.8) is 0 Å². The third kappa shape index (κ3) is 4.72. The maximum absolute atomic E-state index is 10.8. The van der Waals surface area contributed by atoms with E-state index < -0.39 is 0 Å². The highest BCUT2D eigenvalue weighted by Gasteiger charge is 1.99. The zero-order valence-electron chi connectivity index (χ0n) is 7.96. The fraction of sp³-hybridized carbons (Fsp3) is 0.500. The molecule has 0 bridgehead atoms. The van der Waals surface area contributed by atoms with Crippen molar-refractivity contribution >= 4 is 5.97 Å². The summed E-state index contributed by atoms with van der Waals surface area (Å²) >= 11 is 0. The Morgan fingerprint density at radius 3 is 2.67 bits per heavy atom. The highest BCUT2D eigenvalue weighted by atomic mass is 16.5. The van der Waals surface area contributed by atoms with E-state index in [9.17, 15) is 4.79 Å². The maximum atomic E-state index is 10.8. The smallest absolute Gasteiger partial charge is 0.337 e. The van der Waals surface area contributed by atoms with Gasteiger partial charge in [-0.05, 0) is 25.3 Å². The molecule has 2 heteroatoms. The summed E-state index contributed by atoms with van der Waals surface area (Å²) in [7, 11) is 0. The summed E-state index contributed by atoms with van der Waals surface area (Å²) in [4.78, 5) is 10.8. The Balaban J connectivity index is 3.75. The highest BCUT2D eigenvalue weighted by Crippen LogP contribution is 2.02. The van der Waals surface area contributed by atoms with Crippen molar-refractivity contribution in [3.8, 4) is 0 Å². The predicted octanol–water partition coefficient (Wildman–Crippen LogP) is 2.67. The lowest BCUT2D eigenvalue weighted by Gasteiger charge is -2.00. The van der Waals surface area contributed by atoms with E-state index in [4.69, 9.17) is 4.74 Å². The molecule has 0 saturated heterocycles. The van der Waals surface area contributed by atoms with Crippen molar-refractivity contribution in [1.82, 2.24) is 0 Å². The largest absolute Gasteiger partial charge is 0.431 e. The lowest BCUT2D eigenvalue weighted by Crippen LogP contribution is -1.99. The first-order valence-electron chi connectivity index (χ1n) is 4.11. The van der Waals surface area contributed by atoms with Crippen molar-refractivity contribution in [2.75, 3.05) is 0 Å². The van der Waals surface area contributed by atoms with Gasteiger partial charge in [0.1, 0.15) is 0 Å². The van der Waals surface area contributed by atoms with Crippen molar-refractivity contribution in [2.24, 2.45) is 5.92 Å². The van der Waals surface area contributed by atoms with Gasteiger partial charge in [0.15, 0.2) is 0 Å². The van der Waals surface area contributed by atoms with Crippen LogP contribution in [0, 0.1) is 5.92 Å². The van der Waals surface area contributed by atoms with Gasteiger partial charge >= 0.3 is 5.97 Å². The number of rotatable bonds is 4. The van der Waals surface area contributed by atoms with Gasteiger partial charge in [-0.25, -0.2) is 4.79 Å². The first kappa shape index (κ1) is 11.0. The molecule has 0 rings (SSSR count). The standard InChI is InChI=1S/C10H16O2/c1-5-9(4)6-7-12-10(11)8(2)3/h6-7,9H,2,5H2,1,3-4H3. The topological polar surface area (TPSA) is 26.3 Å². The number of hydrogen-bond donors (Lipinski definition) is 0. The van der Waals surface area contributed by atoms with Crippen LogP contribution in [-0.4, -0.2) is 5.97 Å². The molecule has 0 amide bonds. The van der Waals surface area contributed by atoms with Crippen LogP contribution in [0.25, 0.3) is 0 Å². The van der Waals surface area contributed by atoms with Crippen LogP contribution in [0.5, 0.6) is 0 Å². The molecule has 68 valence electrons. The summed E-state index contributed by atoms with van der Waals surface area (Å²) < 4.78 is 4.76. The van der Waals surface area contributed by atoms with Gasteiger partial charge in [0.25, 0.3) is 0 Å². The fourth-order valence-electron chi connectivity index (χ4n) is 0.472. The van der Waals surface area contributed by atoms with Crippen LogP contribution in [0.15, 0.2) is 24.5 Å². The molecule has 0 aliphatic heterocycles. The van der Waals surface area contributed by atoms with Crippen molar-refractivity contribution in [1.29, 1.82) is 0 Å². The Morgan fingerprint density at radius 2 is 2.25 bits per heavy atom. The number of carbonyl (C=O) groups is 1. The van der Waals surface area contributed by atoms with E-state index in [0.717, 1.165) is 6.42 Å². The minimum absolute atomic E-state index is 0.366. The predicted molar refractivity (Wildman–Crippen MR) is 49.5 cm³/mol. The molecule has 0 saturated carbocycles. The number of ether oxygens (including phenoxy) is 1. The molecule has 0 aliphatic carbocycles. The Bertz CT molecular complexity index is 192.